The van der Waals surface area contributed by atoms with Crippen LogP contribution in [0.1, 0.15) is 70.7 Å². The van der Waals surface area contributed by atoms with Gasteiger partial charge in [-0.15, -0.1) is 0 Å². The van der Waals surface area contributed by atoms with E-state index in [0.717, 1.165) is 24.0 Å². The lowest BCUT2D eigenvalue weighted by Crippen LogP contribution is -2.14. The molecular formula is C24H30O3. The minimum atomic E-state index is -0.608. The van der Waals surface area contributed by atoms with Crippen molar-refractivity contribution >= 4 is 11.9 Å². The maximum atomic E-state index is 12.4. The molecule has 2 aromatic rings. The first-order valence-electron chi connectivity index (χ1n) is 9.63. The molecule has 0 bridgehead atoms. The van der Waals surface area contributed by atoms with Gasteiger partial charge in [-0.1, -0.05) is 39.8 Å². The standard InChI is InChI=1S/C24H30O3/c1-15(2)11-19-7-9-21(13-17(19)5)23(25)27-24(26)22-10-8-20(12-16(3)4)18(6)14-22/h7-10,13-16H,11-12H2,1-6H3. The Morgan fingerprint density at radius 3 is 1.41 bits per heavy atom. The van der Waals surface area contributed by atoms with E-state index in [4.69, 9.17) is 4.74 Å². The average molecular weight is 367 g/mol. The number of hydrogen-bond acceptors (Lipinski definition) is 3. The minimum absolute atomic E-state index is 0.404. The van der Waals surface area contributed by atoms with Crippen molar-refractivity contribution in [2.45, 2.75) is 54.4 Å². The van der Waals surface area contributed by atoms with E-state index in [0.29, 0.717) is 23.0 Å². The molecule has 0 saturated heterocycles. The molecule has 0 spiro atoms. The Bertz CT molecular complexity index is 762. The summed E-state index contributed by atoms with van der Waals surface area (Å²) in [6.07, 6.45) is 1.92. The Kier molecular flexibility index (Phi) is 6.95. The van der Waals surface area contributed by atoms with Crippen LogP contribution in [0.15, 0.2) is 36.4 Å². The van der Waals surface area contributed by atoms with Gasteiger partial charge in [0.15, 0.2) is 0 Å². The van der Waals surface area contributed by atoms with Crippen molar-refractivity contribution in [2.24, 2.45) is 11.8 Å². The van der Waals surface area contributed by atoms with Gasteiger partial charge >= 0.3 is 11.9 Å². The summed E-state index contributed by atoms with van der Waals surface area (Å²) in [6.45, 7) is 12.6. The van der Waals surface area contributed by atoms with Crippen molar-refractivity contribution in [1.82, 2.24) is 0 Å². The fourth-order valence-electron chi connectivity index (χ4n) is 3.19. The predicted octanol–water partition coefficient (Wildman–Crippen LogP) is 5.70. The number of aryl methyl sites for hydroxylation is 2. The molecule has 0 aromatic heterocycles. The highest BCUT2D eigenvalue weighted by molar-refractivity contribution is 6.02. The van der Waals surface area contributed by atoms with Gasteiger partial charge in [0.1, 0.15) is 0 Å². The van der Waals surface area contributed by atoms with Gasteiger partial charge in [-0.3, -0.25) is 0 Å². The molecule has 0 aliphatic carbocycles. The molecule has 0 aliphatic rings. The first-order chi connectivity index (χ1) is 12.7. The highest BCUT2D eigenvalue weighted by atomic mass is 16.6. The van der Waals surface area contributed by atoms with Crippen LogP contribution in [0.25, 0.3) is 0 Å². The Labute approximate surface area is 162 Å². The second kappa shape index (κ2) is 8.98. The lowest BCUT2D eigenvalue weighted by molar-refractivity contribution is 0.0397. The molecule has 0 unspecified atom stereocenters. The zero-order valence-electron chi connectivity index (χ0n) is 17.3. The normalized spacial score (nSPS) is 11.1. The maximum absolute atomic E-state index is 12.4. The van der Waals surface area contributed by atoms with E-state index >= 15 is 0 Å². The van der Waals surface area contributed by atoms with Crippen LogP contribution in [-0.4, -0.2) is 11.9 Å². The summed E-state index contributed by atoms with van der Waals surface area (Å²) in [5, 5.41) is 0. The van der Waals surface area contributed by atoms with Crippen molar-refractivity contribution in [3.63, 3.8) is 0 Å². The van der Waals surface area contributed by atoms with E-state index in [1.54, 1.807) is 24.3 Å². The Morgan fingerprint density at radius 2 is 1.11 bits per heavy atom. The van der Waals surface area contributed by atoms with Gasteiger partial charge in [0.05, 0.1) is 11.1 Å². The second-order valence-electron chi connectivity index (χ2n) is 8.16. The fraction of sp³-hybridized carbons (Fsp3) is 0.417. The zero-order chi connectivity index (χ0) is 20.1. The van der Waals surface area contributed by atoms with Gasteiger partial charge in [-0.05, 0) is 85.0 Å². The molecule has 2 aromatic carbocycles. The van der Waals surface area contributed by atoms with Gasteiger partial charge in [-0.25, -0.2) is 9.59 Å². The van der Waals surface area contributed by atoms with Crippen LogP contribution in [-0.2, 0) is 17.6 Å². The molecule has 0 fully saturated rings. The summed E-state index contributed by atoms with van der Waals surface area (Å²) in [5.41, 5.74) is 5.32. The Hall–Kier alpha value is -2.42. The number of rotatable bonds is 6. The molecule has 27 heavy (non-hydrogen) atoms. The first-order valence-corrected chi connectivity index (χ1v) is 9.63. The molecule has 0 atom stereocenters. The third kappa shape index (κ3) is 5.78. The largest absolute Gasteiger partial charge is 0.386 e. The first kappa shape index (κ1) is 20.9. The number of benzene rings is 2. The predicted molar refractivity (Wildman–Crippen MR) is 109 cm³/mol. The van der Waals surface area contributed by atoms with Crippen LogP contribution in [0.5, 0.6) is 0 Å². The molecule has 0 aliphatic heterocycles. The van der Waals surface area contributed by atoms with Gasteiger partial charge < -0.3 is 4.74 Å². The average Bonchev–Trinajstić information content (AvgIpc) is 2.57. The minimum Gasteiger partial charge on any atom is -0.386 e. The molecule has 3 heteroatoms. The molecule has 144 valence electrons. The van der Waals surface area contributed by atoms with E-state index in [1.807, 2.05) is 26.0 Å². The van der Waals surface area contributed by atoms with Gasteiger partial charge in [-0.2, -0.15) is 0 Å². The van der Waals surface area contributed by atoms with E-state index < -0.39 is 11.9 Å². The van der Waals surface area contributed by atoms with E-state index in [1.165, 1.54) is 11.1 Å². The van der Waals surface area contributed by atoms with Crippen molar-refractivity contribution in [3.05, 3.63) is 69.8 Å². The van der Waals surface area contributed by atoms with Crippen LogP contribution < -0.4 is 0 Å². The molecule has 0 saturated carbocycles. The maximum Gasteiger partial charge on any atom is 0.346 e. The van der Waals surface area contributed by atoms with Gasteiger partial charge in [0.2, 0.25) is 0 Å². The monoisotopic (exact) mass is 366 g/mol. The Morgan fingerprint density at radius 1 is 0.741 bits per heavy atom. The summed E-state index contributed by atoms with van der Waals surface area (Å²) < 4.78 is 5.10. The van der Waals surface area contributed by atoms with Crippen molar-refractivity contribution in [3.8, 4) is 0 Å². The van der Waals surface area contributed by atoms with Crippen molar-refractivity contribution in [1.29, 1.82) is 0 Å². The smallest absolute Gasteiger partial charge is 0.346 e. The number of carbonyl (C=O) groups excluding carboxylic acids is 2. The fourth-order valence-corrected chi connectivity index (χ4v) is 3.19. The van der Waals surface area contributed by atoms with E-state index in [-0.39, 0.29) is 0 Å². The topological polar surface area (TPSA) is 43.4 Å². The van der Waals surface area contributed by atoms with E-state index in [9.17, 15) is 9.59 Å². The molecule has 2 rings (SSSR count). The molecular weight excluding hydrogens is 336 g/mol. The third-order valence-electron chi connectivity index (χ3n) is 4.60. The van der Waals surface area contributed by atoms with Gasteiger partial charge in [0, 0.05) is 0 Å². The van der Waals surface area contributed by atoms with Crippen molar-refractivity contribution in [2.75, 3.05) is 0 Å². The van der Waals surface area contributed by atoms with Crippen LogP contribution in [0.2, 0.25) is 0 Å². The zero-order valence-corrected chi connectivity index (χ0v) is 17.3. The van der Waals surface area contributed by atoms with Crippen LogP contribution in [0.4, 0.5) is 0 Å². The second-order valence-corrected chi connectivity index (χ2v) is 8.16. The SMILES string of the molecule is Cc1cc(C(=O)OC(=O)c2ccc(CC(C)C)c(C)c2)ccc1CC(C)C. The lowest BCUT2D eigenvalue weighted by atomic mass is 9.97. The third-order valence-corrected chi connectivity index (χ3v) is 4.60. The number of esters is 2. The van der Waals surface area contributed by atoms with Crippen LogP contribution in [0, 0.1) is 25.7 Å². The molecule has 3 nitrogen and oxygen atoms in total. The summed E-state index contributed by atoms with van der Waals surface area (Å²) in [5.74, 6) is -0.124. The van der Waals surface area contributed by atoms with Gasteiger partial charge in [0.25, 0.3) is 0 Å². The number of ether oxygens (including phenoxy) is 1. The summed E-state index contributed by atoms with van der Waals surface area (Å²) in [4.78, 5) is 24.7. The molecule has 0 heterocycles. The van der Waals surface area contributed by atoms with Crippen LogP contribution >= 0.6 is 0 Å². The summed E-state index contributed by atoms with van der Waals surface area (Å²) in [6, 6.07) is 11.0. The molecule has 0 amide bonds. The number of carbonyl (C=O) groups is 2. The van der Waals surface area contributed by atoms with E-state index in [2.05, 4.69) is 27.7 Å². The lowest BCUT2D eigenvalue weighted by Gasteiger charge is -2.11. The van der Waals surface area contributed by atoms with Crippen LogP contribution in [0.3, 0.4) is 0 Å². The number of hydrogen-bond donors (Lipinski definition) is 0. The molecule has 0 radical (unpaired) electrons. The quantitative estimate of drug-likeness (QED) is 0.487. The molecule has 0 N–H and O–H groups in total. The Balaban J connectivity index is 2.10. The highest BCUT2D eigenvalue weighted by Crippen LogP contribution is 2.18. The summed E-state index contributed by atoms with van der Waals surface area (Å²) >= 11 is 0. The van der Waals surface area contributed by atoms with Crippen molar-refractivity contribution < 1.29 is 14.3 Å². The summed E-state index contributed by atoms with van der Waals surface area (Å²) in [7, 11) is 0. The highest BCUT2D eigenvalue weighted by Gasteiger charge is 2.17.